The molecule has 0 aliphatic heterocycles. The molecule has 9 heteroatoms. The topological polar surface area (TPSA) is 86.3 Å². The van der Waals surface area contributed by atoms with Crippen LogP contribution in [0.4, 0.5) is 19.0 Å². The fourth-order valence-corrected chi connectivity index (χ4v) is 2.86. The number of aliphatic carboxylic acids is 1. The zero-order valence-electron chi connectivity index (χ0n) is 14.0. The van der Waals surface area contributed by atoms with Crippen molar-refractivity contribution in [2.24, 2.45) is 0 Å². The molecule has 140 valence electrons. The molecule has 3 rings (SSSR count). The van der Waals surface area contributed by atoms with Crippen molar-refractivity contribution in [2.75, 3.05) is 11.9 Å². The second-order valence-electron chi connectivity index (χ2n) is 5.85. The molecule has 0 saturated heterocycles. The maximum atomic E-state index is 11.9. The summed E-state index contributed by atoms with van der Waals surface area (Å²) in [6.07, 6.45) is 1.41. The Morgan fingerprint density at radius 2 is 1.85 bits per heavy atom. The van der Waals surface area contributed by atoms with E-state index in [1.165, 1.54) is 12.0 Å². The van der Waals surface area contributed by atoms with Crippen LogP contribution in [0.15, 0.2) is 47.5 Å². The van der Waals surface area contributed by atoms with Crippen LogP contribution in [0.3, 0.4) is 0 Å². The van der Waals surface area contributed by atoms with Gasteiger partial charge in [0.15, 0.2) is 5.82 Å². The molecule has 1 heterocycles. The second-order valence-corrected chi connectivity index (χ2v) is 5.85. The first-order valence-electron chi connectivity index (χ1n) is 7.81. The van der Waals surface area contributed by atoms with Gasteiger partial charge in [0.2, 0.25) is 0 Å². The van der Waals surface area contributed by atoms with Crippen molar-refractivity contribution in [1.82, 2.24) is 9.97 Å². The van der Waals surface area contributed by atoms with Crippen LogP contribution >= 0.6 is 0 Å². The average molecular weight is 369 g/mol. The molecular weight excluding hydrogens is 351 g/mol. The van der Waals surface area contributed by atoms with Crippen molar-refractivity contribution in [3.8, 4) is 0 Å². The average Bonchev–Trinajstić information content (AvgIpc) is 2.55. The Labute approximate surface area is 147 Å². The van der Waals surface area contributed by atoms with Crippen molar-refractivity contribution < 1.29 is 23.1 Å². The van der Waals surface area contributed by atoms with Gasteiger partial charge in [0.1, 0.15) is 0 Å². The normalized spacial score (nSPS) is 15.2. The summed E-state index contributed by atoms with van der Waals surface area (Å²) in [5.74, 6) is -2.27. The Morgan fingerprint density at radius 1 is 1.27 bits per heavy atom. The van der Waals surface area contributed by atoms with Crippen LogP contribution in [0.25, 0.3) is 0 Å². The van der Waals surface area contributed by atoms with Crippen LogP contribution in [-0.2, 0) is 10.3 Å². The van der Waals surface area contributed by atoms with E-state index >= 15 is 0 Å². The summed E-state index contributed by atoms with van der Waals surface area (Å²) in [6.45, 7) is 0. The minimum Gasteiger partial charge on any atom is -0.475 e. The summed E-state index contributed by atoms with van der Waals surface area (Å²) in [7, 11) is 1.96. The maximum Gasteiger partial charge on any atom is 0.490 e. The Morgan fingerprint density at radius 3 is 2.27 bits per heavy atom. The summed E-state index contributed by atoms with van der Waals surface area (Å²) in [5, 5.41) is 7.12. The quantitative estimate of drug-likeness (QED) is 0.869. The van der Waals surface area contributed by atoms with Crippen LogP contribution in [0.1, 0.15) is 24.8 Å². The molecule has 26 heavy (non-hydrogen) atoms. The van der Waals surface area contributed by atoms with Gasteiger partial charge in [-0.1, -0.05) is 30.3 Å². The van der Waals surface area contributed by atoms with Gasteiger partial charge in [0.05, 0.1) is 5.54 Å². The van der Waals surface area contributed by atoms with E-state index in [0.717, 1.165) is 12.8 Å². The molecule has 0 amide bonds. The van der Waals surface area contributed by atoms with Gasteiger partial charge in [-0.3, -0.25) is 4.79 Å². The number of rotatable bonds is 3. The number of nitrogens with one attached hydrogen (secondary N) is 1. The highest BCUT2D eigenvalue weighted by atomic mass is 19.4. The number of anilines is 1. The van der Waals surface area contributed by atoms with E-state index in [1.54, 1.807) is 12.4 Å². The Bertz CT molecular complexity index is 802. The number of carboxylic acid groups (broad SMARTS) is 1. The van der Waals surface area contributed by atoms with Gasteiger partial charge < -0.3 is 15.0 Å². The molecule has 1 fully saturated rings. The van der Waals surface area contributed by atoms with E-state index in [4.69, 9.17) is 9.90 Å². The van der Waals surface area contributed by atoms with Crippen LogP contribution in [-0.4, -0.2) is 34.3 Å². The number of aromatic amines is 1. The van der Waals surface area contributed by atoms with E-state index < -0.39 is 12.1 Å². The minimum absolute atomic E-state index is 0.0807. The third-order valence-corrected chi connectivity index (χ3v) is 4.38. The highest BCUT2D eigenvalue weighted by molar-refractivity contribution is 5.73. The zero-order valence-corrected chi connectivity index (χ0v) is 14.0. The molecule has 1 saturated carbocycles. The molecule has 1 aromatic carbocycles. The number of H-pyrrole nitrogens is 1. The van der Waals surface area contributed by atoms with Gasteiger partial charge in [-0.15, -0.1) is 0 Å². The standard InChI is InChI=1S/C15H17N3O.C2HF3O2/c1-18(13-14(19)17-11-10-16-13)15(8-5-9-15)12-6-3-2-4-7-12;3-2(4,5)1(6)7/h2-4,6-7,10-11H,5,8-9H2,1H3,(H,17,19);(H,6,7). The number of carboxylic acids is 1. The Hall–Kier alpha value is -2.84. The van der Waals surface area contributed by atoms with Gasteiger partial charge in [-0.05, 0) is 24.8 Å². The van der Waals surface area contributed by atoms with Crippen molar-refractivity contribution in [2.45, 2.75) is 31.0 Å². The smallest absolute Gasteiger partial charge is 0.475 e. The number of alkyl halides is 3. The fourth-order valence-electron chi connectivity index (χ4n) is 2.86. The lowest BCUT2D eigenvalue weighted by Crippen LogP contribution is -2.51. The number of nitrogens with zero attached hydrogens (tertiary/aromatic N) is 2. The molecule has 0 atom stereocenters. The Kier molecular flexibility index (Phi) is 5.69. The molecule has 0 radical (unpaired) electrons. The van der Waals surface area contributed by atoms with E-state index in [2.05, 4.69) is 22.1 Å². The predicted molar refractivity (Wildman–Crippen MR) is 88.9 cm³/mol. The predicted octanol–water partition coefficient (Wildman–Crippen LogP) is 2.92. The van der Waals surface area contributed by atoms with Gasteiger partial charge in [0.25, 0.3) is 5.56 Å². The van der Waals surface area contributed by atoms with E-state index in [-0.39, 0.29) is 11.1 Å². The van der Waals surface area contributed by atoms with Gasteiger partial charge in [-0.25, -0.2) is 9.78 Å². The van der Waals surface area contributed by atoms with Crippen LogP contribution in [0, 0.1) is 0 Å². The summed E-state index contributed by atoms with van der Waals surface area (Å²) >= 11 is 0. The number of benzene rings is 1. The third kappa shape index (κ3) is 4.04. The van der Waals surface area contributed by atoms with E-state index in [1.807, 2.05) is 30.1 Å². The molecule has 6 nitrogen and oxygen atoms in total. The SMILES string of the molecule is CN(c1ncc[nH]c1=O)C1(c2ccccc2)CCC1.O=C(O)C(F)(F)F. The van der Waals surface area contributed by atoms with E-state index in [0.29, 0.717) is 5.82 Å². The molecule has 1 aliphatic rings. The fraction of sp³-hybridized carbons (Fsp3) is 0.353. The number of hydrogen-bond acceptors (Lipinski definition) is 4. The molecule has 0 unspecified atom stereocenters. The molecule has 2 N–H and O–H groups in total. The van der Waals surface area contributed by atoms with Gasteiger partial charge >= 0.3 is 12.1 Å². The van der Waals surface area contributed by atoms with Gasteiger partial charge in [0, 0.05) is 19.4 Å². The maximum absolute atomic E-state index is 11.9. The lowest BCUT2D eigenvalue weighted by atomic mass is 9.70. The van der Waals surface area contributed by atoms with Gasteiger partial charge in [-0.2, -0.15) is 13.2 Å². The lowest BCUT2D eigenvalue weighted by Gasteiger charge is -2.49. The van der Waals surface area contributed by atoms with Crippen LogP contribution < -0.4 is 10.5 Å². The third-order valence-electron chi connectivity index (χ3n) is 4.38. The number of halogens is 3. The summed E-state index contributed by atoms with van der Waals surface area (Å²) in [6, 6.07) is 10.4. The molecule has 0 spiro atoms. The monoisotopic (exact) mass is 369 g/mol. The lowest BCUT2D eigenvalue weighted by molar-refractivity contribution is -0.192. The first-order valence-corrected chi connectivity index (χ1v) is 7.81. The first-order chi connectivity index (χ1) is 12.2. The number of hydrogen-bond donors (Lipinski definition) is 2. The van der Waals surface area contributed by atoms with Crippen molar-refractivity contribution in [1.29, 1.82) is 0 Å². The zero-order chi connectivity index (χ0) is 19.4. The second kappa shape index (κ2) is 7.59. The highest BCUT2D eigenvalue weighted by Crippen LogP contribution is 2.46. The largest absolute Gasteiger partial charge is 0.490 e. The highest BCUT2D eigenvalue weighted by Gasteiger charge is 2.43. The van der Waals surface area contributed by atoms with Crippen LogP contribution in [0.2, 0.25) is 0 Å². The first kappa shape index (κ1) is 19.5. The minimum atomic E-state index is -5.08. The summed E-state index contributed by atoms with van der Waals surface area (Å²) in [5.41, 5.74) is 1.05. The van der Waals surface area contributed by atoms with Crippen molar-refractivity contribution in [3.05, 3.63) is 58.6 Å². The summed E-state index contributed by atoms with van der Waals surface area (Å²) in [4.78, 5) is 29.8. The molecular formula is C17H18F3N3O3. The number of carbonyl (C=O) groups is 1. The molecule has 1 aromatic heterocycles. The molecule has 0 bridgehead atoms. The van der Waals surface area contributed by atoms with Crippen LogP contribution in [0.5, 0.6) is 0 Å². The summed E-state index contributed by atoms with van der Waals surface area (Å²) < 4.78 is 31.7. The van der Waals surface area contributed by atoms with Crippen molar-refractivity contribution >= 4 is 11.8 Å². The van der Waals surface area contributed by atoms with Crippen molar-refractivity contribution in [3.63, 3.8) is 0 Å². The molecule has 2 aromatic rings. The number of aromatic nitrogens is 2. The van der Waals surface area contributed by atoms with E-state index in [9.17, 15) is 18.0 Å². The Balaban J connectivity index is 0.000000298. The molecule has 1 aliphatic carbocycles.